The molecule has 0 bridgehead atoms. The molecule has 0 atom stereocenters. The zero-order chi connectivity index (χ0) is 40.9. The van der Waals surface area contributed by atoms with Gasteiger partial charge in [-0.2, -0.15) is 0 Å². The molecule has 2 nitrogen and oxygen atoms in total. The Labute approximate surface area is 358 Å². The summed E-state index contributed by atoms with van der Waals surface area (Å²) in [6, 6.07) is 84.1. The maximum Gasteiger partial charge on any atom is 0.0503 e. The predicted molar refractivity (Wildman–Crippen MR) is 259 cm³/mol. The summed E-state index contributed by atoms with van der Waals surface area (Å²) in [4.78, 5) is 4.82. The first-order valence-electron chi connectivity index (χ1n) is 21.2. The normalized spacial score (nSPS) is 12.9. The van der Waals surface area contributed by atoms with E-state index in [1.165, 1.54) is 77.4 Å². The van der Waals surface area contributed by atoms with Crippen LogP contribution in [0.25, 0.3) is 54.9 Å². The Morgan fingerprint density at radius 2 is 0.787 bits per heavy atom. The molecule has 0 amide bonds. The molecule has 1 aliphatic rings. The zero-order valence-corrected chi connectivity index (χ0v) is 34.3. The molecule has 0 radical (unpaired) electrons. The van der Waals surface area contributed by atoms with Crippen molar-refractivity contribution in [3.8, 4) is 33.4 Å². The molecule has 0 spiro atoms. The lowest BCUT2D eigenvalue weighted by atomic mass is 9.73. The van der Waals surface area contributed by atoms with Crippen molar-refractivity contribution >= 4 is 55.7 Å². The van der Waals surface area contributed by atoms with Crippen LogP contribution in [-0.4, -0.2) is 0 Å². The van der Waals surface area contributed by atoms with E-state index in [1.807, 2.05) is 0 Å². The number of hydrogen-bond donors (Lipinski definition) is 0. The van der Waals surface area contributed by atoms with Gasteiger partial charge >= 0.3 is 0 Å². The molecule has 10 aromatic rings. The maximum absolute atomic E-state index is 2.44. The number of benzene rings is 10. The van der Waals surface area contributed by atoms with Gasteiger partial charge in [0.2, 0.25) is 0 Å². The van der Waals surface area contributed by atoms with Crippen molar-refractivity contribution in [2.75, 3.05) is 9.80 Å². The predicted octanol–water partition coefficient (Wildman–Crippen LogP) is 16.6. The summed E-state index contributed by atoms with van der Waals surface area (Å²) in [6.45, 7) is 4.72. The minimum Gasteiger partial charge on any atom is -0.310 e. The van der Waals surface area contributed by atoms with Gasteiger partial charge in [-0.15, -0.1) is 0 Å². The maximum atomic E-state index is 2.44. The van der Waals surface area contributed by atoms with Crippen molar-refractivity contribution in [2.24, 2.45) is 0 Å². The second-order valence-corrected chi connectivity index (χ2v) is 16.6. The zero-order valence-electron chi connectivity index (χ0n) is 34.3. The minimum atomic E-state index is -0.203. The molecular formula is C59H44N2. The van der Waals surface area contributed by atoms with E-state index in [4.69, 9.17) is 0 Å². The Morgan fingerprint density at radius 1 is 0.328 bits per heavy atom. The first-order chi connectivity index (χ1) is 30.0. The summed E-state index contributed by atoms with van der Waals surface area (Å²) in [7, 11) is 0. The van der Waals surface area contributed by atoms with E-state index in [9.17, 15) is 0 Å². The molecule has 2 heteroatoms. The van der Waals surface area contributed by atoms with Crippen molar-refractivity contribution in [3.63, 3.8) is 0 Å². The van der Waals surface area contributed by atoms with Crippen LogP contribution in [0.3, 0.4) is 0 Å². The molecule has 0 saturated heterocycles. The van der Waals surface area contributed by atoms with Gasteiger partial charge in [-0.1, -0.05) is 178 Å². The standard InChI is InChI=1S/C59H44N2/c1-59(2)55-19-11-12-20-57(55)61(51-35-25-44(26-36-51)42-15-7-4-8-16-42)58-38-30-48(39-56(58)59)45-27-33-50(34-28-45)60(49-31-23-43(24-32-49)41-13-5-3-6-14-41)52-37-29-47-22-21-46-17-9-10-18-53(46)54(47)40-52/h3-40H,1-2H3. The van der Waals surface area contributed by atoms with Gasteiger partial charge in [-0.25, -0.2) is 0 Å². The Balaban J connectivity index is 0.985. The van der Waals surface area contributed by atoms with Gasteiger partial charge in [0.25, 0.3) is 0 Å². The molecule has 0 saturated carbocycles. The smallest absolute Gasteiger partial charge is 0.0503 e. The fourth-order valence-corrected chi connectivity index (χ4v) is 9.41. The highest BCUT2D eigenvalue weighted by Crippen LogP contribution is 2.53. The second-order valence-electron chi connectivity index (χ2n) is 16.6. The lowest BCUT2D eigenvalue weighted by Gasteiger charge is -2.42. The third-order valence-corrected chi connectivity index (χ3v) is 12.6. The molecule has 10 aromatic carbocycles. The van der Waals surface area contributed by atoms with E-state index >= 15 is 0 Å². The lowest BCUT2D eigenvalue weighted by Crippen LogP contribution is -2.30. The topological polar surface area (TPSA) is 6.48 Å². The van der Waals surface area contributed by atoms with Crippen LogP contribution in [0.1, 0.15) is 25.0 Å². The fourth-order valence-electron chi connectivity index (χ4n) is 9.41. The summed E-state index contributed by atoms with van der Waals surface area (Å²) in [5.41, 5.74) is 16.6. The number of nitrogens with zero attached hydrogens (tertiary/aromatic N) is 2. The quantitative estimate of drug-likeness (QED) is 0.149. The van der Waals surface area contributed by atoms with E-state index < -0.39 is 0 Å². The van der Waals surface area contributed by atoms with Crippen molar-refractivity contribution < 1.29 is 0 Å². The highest BCUT2D eigenvalue weighted by atomic mass is 15.2. The molecule has 11 rings (SSSR count). The largest absolute Gasteiger partial charge is 0.310 e. The number of fused-ring (bicyclic) bond motifs is 5. The number of anilines is 6. The summed E-state index contributed by atoms with van der Waals surface area (Å²) < 4.78 is 0. The van der Waals surface area contributed by atoms with E-state index in [0.29, 0.717) is 0 Å². The Hall–Kier alpha value is -7.68. The third-order valence-electron chi connectivity index (χ3n) is 12.6. The van der Waals surface area contributed by atoms with Gasteiger partial charge in [0.1, 0.15) is 0 Å². The summed E-state index contributed by atoms with van der Waals surface area (Å²) in [6.07, 6.45) is 0. The van der Waals surface area contributed by atoms with Crippen LogP contribution in [0.4, 0.5) is 34.1 Å². The number of rotatable bonds is 7. The van der Waals surface area contributed by atoms with Crippen LogP contribution in [0.15, 0.2) is 231 Å². The monoisotopic (exact) mass is 780 g/mol. The number of para-hydroxylation sites is 1. The molecule has 0 aromatic heterocycles. The fraction of sp³-hybridized carbons (Fsp3) is 0.0508. The molecule has 0 fully saturated rings. The van der Waals surface area contributed by atoms with Gasteiger partial charge in [0, 0.05) is 28.2 Å². The molecule has 0 unspecified atom stereocenters. The van der Waals surface area contributed by atoms with E-state index in [0.717, 1.165) is 22.7 Å². The molecule has 61 heavy (non-hydrogen) atoms. The summed E-state index contributed by atoms with van der Waals surface area (Å²) in [5, 5.41) is 4.99. The molecular weight excluding hydrogens is 737 g/mol. The van der Waals surface area contributed by atoms with Crippen molar-refractivity contribution in [1.29, 1.82) is 0 Å². The van der Waals surface area contributed by atoms with Crippen molar-refractivity contribution in [3.05, 3.63) is 242 Å². The molecule has 1 heterocycles. The van der Waals surface area contributed by atoms with Crippen LogP contribution < -0.4 is 9.80 Å². The summed E-state index contributed by atoms with van der Waals surface area (Å²) >= 11 is 0. The van der Waals surface area contributed by atoms with E-state index in [2.05, 4.69) is 254 Å². The van der Waals surface area contributed by atoms with Crippen LogP contribution in [-0.2, 0) is 5.41 Å². The van der Waals surface area contributed by atoms with Gasteiger partial charge < -0.3 is 9.80 Å². The van der Waals surface area contributed by atoms with Gasteiger partial charge in [0.15, 0.2) is 0 Å². The van der Waals surface area contributed by atoms with E-state index in [-0.39, 0.29) is 5.41 Å². The highest BCUT2D eigenvalue weighted by molar-refractivity contribution is 6.09. The lowest BCUT2D eigenvalue weighted by molar-refractivity contribution is 0.632. The van der Waals surface area contributed by atoms with Gasteiger partial charge in [-0.3, -0.25) is 0 Å². The van der Waals surface area contributed by atoms with Crippen molar-refractivity contribution in [1.82, 2.24) is 0 Å². The van der Waals surface area contributed by atoms with Gasteiger partial charge in [-0.05, 0) is 133 Å². The SMILES string of the molecule is CC1(C)c2ccccc2N(c2ccc(-c3ccccc3)cc2)c2ccc(-c3ccc(N(c4ccc(-c5ccccc5)cc4)c4ccc5ccc6ccccc6c5c4)cc3)cc21. The molecule has 0 aliphatic carbocycles. The van der Waals surface area contributed by atoms with Crippen LogP contribution in [0.2, 0.25) is 0 Å². The number of hydrogen-bond acceptors (Lipinski definition) is 2. The van der Waals surface area contributed by atoms with Crippen LogP contribution in [0.5, 0.6) is 0 Å². The first-order valence-corrected chi connectivity index (χ1v) is 21.2. The molecule has 290 valence electrons. The van der Waals surface area contributed by atoms with Crippen LogP contribution in [0, 0.1) is 0 Å². The molecule has 1 aliphatic heterocycles. The average molecular weight is 781 g/mol. The first kappa shape index (κ1) is 36.4. The Bertz CT molecular complexity index is 3190. The summed E-state index contributed by atoms with van der Waals surface area (Å²) in [5.74, 6) is 0. The second kappa shape index (κ2) is 14.9. The van der Waals surface area contributed by atoms with Crippen LogP contribution >= 0.6 is 0 Å². The average Bonchev–Trinajstić information content (AvgIpc) is 3.33. The third kappa shape index (κ3) is 6.45. The Morgan fingerprint density at radius 3 is 1.44 bits per heavy atom. The van der Waals surface area contributed by atoms with Crippen molar-refractivity contribution in [2.45, 2.75) is 19.3 Å². The Kier molecular flexibility index (Phi) is 8.86. The van der Waals surface area contributed by atoms with E-state index in [1.54, 1.807) is 0 Å². The molecule has 0 N–H and O–H groups in total. The highest BCUT2D eigenvalue weighted by Gasteiger charge is 2.37. The van der Waals surface area contributed by atoms with Gasteiger partial charge in [0.05, 0.1) is 11.4 Å². The minimum absolute atomic E-state index is 0.203.